The number of nitrogens with one attached hydrogen (secondary N) is 1. The van der Waals surface area contributed by atoms with Crippen LogP contribution in [0, 0.1) is 11.6 Å². The summed E-state index contributed by atoms with van der Waals surface area (Å²) in [5.74, 6) is -2.28. The number of benzene rings is 1. The van der Waals surface area contributed by atoms with Gasteiger partial charge in [-0.3, -0.25) is 4.79 Å². The summed E-state index contributed by atoms with van der Waals surface area (Å²) in [6.07, 6.45) is 0.504. The summed E-state index contributed by atoms with van der Waals surface area (Å²) in [7, 11) is 0. The van der Waals surface area contributed by atoms with Gasteiger partial charge in [0.15, 0.2) is 11.6 Å². The number of anilines is 1. The standard InChI is InChI=1S/C13H15F2N3OS/c1-2-8-13(19)17-5-6-18(8)9-4-3-7(12(16)20)10(14)11(9)15/h3-4,8H,2,5-6H2,1H3,(H2,16,20)(H,17,19). The van der Waals surface area contributed by atoms with E-state index in [4.69, 9.17) is 5.73 Å². The van der Waals surface area contributed by atoms with Crippen molar-refractivity contribution in [1.82, 2.24) is 5.32 Å². The fourth-order valence-corrected chi connectivity index (χ4v) is 2.52. The Bertz CT molecular complexity index is 565. The number of piperazine rings is 1. The van der Waals surface area contributed by atoms with E-state index in [0.29, 0.717) is 19.5 Å². The molecule has 7 heteroatoms. The molecule has 1 aromatic rings. The van der Waals surface area contributed by atoms with Crippen LogP contribution in [0.15, 0.2) is 12.1 Å². The quantitative estimate of drug-likeness (QED) is 0.826. The maximum atomic E-state index is 14.2. The second kappa shape index (κ2) is 5.70. The Kier molecular flexibility index (Phi) is 4.17. The number of hydrogen-bond acceptors (Lipinski definition) is 3. The van der Waals surface area contributed by atoms with Crippen molar-refractivity contribution in [1.29, 1.82) is 0 Å². The lowest BCUT2D eigenvalue weighted by Gasteiger charge is -2.36. The van der Waals surface area contributed by atoms with Crippen LogP contribution >= 0.6 is 12.2 Å². The Morgan fingerprint density at radius 2 is 2.20 bits per heavy atom. The molecule has 1 fully saturated rings. The number of nitrogens with two attached hydrogens (primary N) is 1. The van der Waals surface area contributed by atoms with E-state index in [-0.39, 0.29) is 22.1 Å². The molecule has 0 aromatic heterocycles. The van der Waals surface area contributed by atoms with E-state index < -0.39 is 17.7 Å². The summed E-state index contributed by atoms with van der Waals surface area (Å²) in [4.78, 5) is 13.1. The molecule has 108 valence electrons. The van der Waals surface area contributed by atoms with E-state index in [1.807, 2.05) is 6.92 Å². The summed E-state index contributed by atoms with van der Waals surface area (Å²) in [6.45, 7) is 2.64. The largest absolute Gasteiger partial charge is 0.389 e. The number of thiocarbonyl (C=S) groups is 1. The van der Waals surface area contributed by atoms with Gasteiger partial charge >= 0.3 is 0 Å². The lowest BCUT2D eigenvalue weighted by molar-refractivity contribution is -0.123. The lowest BCUT2D eigenvalue weighted by Crippen LogP contribution is -2.55. The van der Waals surface area contributed by atoms with Gasteiger partial charge in [-0.15, -0.1) is 0 Å². The average molecular weight is 299 g/mol. The maximum Gasteiger partial charge on any atom is 0.242 e. The lowest BCUT2D eigenvalue weighted by atomic mass is 10.1. The molecule has 0 aliphatic carbocycles. The summed E-state index contributed by atoms with van der Waals surface area (Å²) < 4.78 is 28.1. The molecule has 0 spiro atoms. The highest BCUT2D eigenvalue weighted by atomic mass is 32.1. The van der Waals surface area contributed by atoms with Crippen molar-refractivity contribution in [3.63, 3.8) is 0 Å². The van der Waals surface area contributed by atoms with Crippen LogP contribution < -0.4 is 16.0 Å². The van der Waals surface area contributed by atoms with E-state index in [0.717, 1.165) is 0 Å². The zero-order chi connectivity index (χ0) is 14.9. The average Bonchev–Trinajstić information content (AvgIpc) is 2.41. The van der Waals surface area contributed by atoms with Gasteiger partial charge in [0.1, 0.15) is 11.0 Å². The Labute approximate surface area is 120 Å². The van der Waals surface area contributed by atoms with Crippen molar-refractivity contribution < 1.29 is 13.6 Å². The van der Waals surface area contributed by atoms with Gasteiger partial charge in [-0.1, -0.05) is 19.1 Å². The number of amides is 1. The molecule has 1 amide bonds. The van der Waals surface area contributed by atoms with Gasteiger partial charge in [0.25, 0.3) is 0 Å². The third-order valence-electron chi connectivity index (χ3n) is 3.35. The van der Waals surface area contributed by atoms with Crippen LogP contribution in [0.25, 0.3) is 0 Å². The highest BCUT2D eigenvalue weighted by Gasteiger charge is 2.31. The number of hydrogen-bond donors (Lipinski definition) is 2. The van der Waals surface area contributed by atoms with Gasteiger partial charge in [-0.25, -0.2) is 8.78 Å². The minimum Gasteiger partial charge on any atom is -0.389 e. The Hall–Kier alpha value is -1.76. The molecule has 1 unspecified atom stereocenters. The first-order valence-electron chi connectivity index (χ1n) is 6.29. The van der Waals surface area contributed by atoms with Crippen molar-refractivity contribution in [2.24, 2.45) is 5.73 Å². The molecule has 2 rings (SSSR count). The predicted molar refractivity (Wildman–Crippen MR) is 76.7 cm³/mol. The topological polar surface area (TPSA) is 58.4 Å². The van der Waals surface area contributed by atoms with Crippen LogP contribution in [0.1, 0.15) is 18.9 Å². The smallest absolute Gasteiger partial charge is 0.242 e. The zero-order valence-electron chi connectivity index (χ0n) is 11.0. The summed E-state index contributed by atoms with van der Waals surface area (Å²) in [6, 6.07) is 2.25. The van der Waals surface area contributed by atoms with E-state index in [2.05, 4.69) is 17.5 Å². The van der Waals surface area contributed by atoms with Crippen molar-refractivity contribution in [2.45, 2.75) is 19.4 Å². The molecule has 20 heavy (non-hydrogen) atoms. The van der Waals surface area contributed by atoms with E-state index in [9.17, 15) is 13.6 Å². The van der Waals surface area contributed by atoms with Crippen LogP contribution in [0.3, 0.4) is 0 Å². The monoisotopic (exact) mass is 299 g/mol. The molecule has 1 aliphatic rings. The highest BCUT2D eigenvalue weighted by Crippen LogP contribution is 2.27. The van der Waals surface area contributed by atoms with Crippen LogP contribution in [0.2, 0.25) is 0 Å². The molecule has 3 N–H and O–H groups in total. The first-order chi connectivity index (χ1) is 9.47. The van der Waals surface area contributed by atoms with E-state index in [1.54, 1.807) is 4.90 Å². The molecular weight excluding hydrogens is 284 g/mol. The number of halogens is 2. The number of carbonyl (C=O) groups excluding carboxylic acids is 1. The summed E-state index contributed by atoms with van der Waals surface area (Å²) >= 11 is 4.67. The number of nitrogens with zero attached hydrogens (tertiary/aromatic N) is 1. The Balaban J connectivity index is 2.44. The van der Waals surface area contributed by atoms with Crippen LogP contribution in [-0.2, 0) is 4.79 Å². The highest BCUT2D eigenvalue weighted by molar-refractivity contribution is 7.80. The van der Waals surface area contributed by atoms with Crippen LogP contribution in [-0.4, -0.2) is 30.0 Å². The van der Waals surface area contributed by atoms with Gasteiger partial charge < -0.3 is 16.0 Å². The zero-order valence-corrected chi connectivity index (χ0v) is 11.8. The molecule has 1 aromatic carbocycles. The minimum absolute atomic E-state index is 0.0594. The van der Waals surface area contributed by atoms with Gasteiger partial charge in [-0.2, -0.15) is 0 Å². The minimum atomic E-state index is -1.07. The molecule has 0 radical (unpaired) electrons. The molecule has 4 nitrogen and oxygen atoms in total. The van der Waals surface area contributed by atoms with Crippen LogP contribution in [0.5, 0.6) is 0 Å². The normalized spacial score (nSPS) is 18.9. The van der Waals surface area contributed by atoms with E-state index in [1.165, 1.54) is 12.1 Å². The number of carbonyl (C=O) groups is 1. The van der Waals surface area contributed by atoms with Gasteiger partial charge in [-0.05, 0) is 18.6 Å². The fraction of sp³-hybridized carbons (Fsp3) is 0.385. The van der Waals surface area contributed by atoms with Crippen molar-refractivity contribution in [2.75, 3.05) is 18.0 Å². The predicted octanol–water partition coefficient (Wildman–Crippen LogP) is 1.31. The molecule has 1 atom stereocenters. The van der Waals surface area contributed by atoms with Crippen LogP contribution in [0.4, 0.5) is 14.5 Å². The molecule has 1 saturated heterocycles. The summed E-state index contributed by atoms with van der Waals surface area (Å²) in [5.41, 5.74) is 5.27. The summed E-state index contributed by atoms with van der Waals surface area (Å²) in [5, 5.41) is 2.71. The third kappa shape index (κ3) is 2.45. The molecular formula is C13H15F2N3OS. The molecule has 0 saturated carbocycles. The second-order valence-electron chi connectivity index (χ2n) is 4.53. The van der Waals surface area contributed by atoms with Crippen molar-refractivity contribution in [3.05, 3.63) is 29.3 Å². The SMILES string of the molecule is CCC1C(=O)NCCN1c1ccc(C(N)=S)c(F)c1F. The first-order valence-corrected chi connectivity index (χ1v) is 6.70. The Morgan fingerprint density at radius 1 is 1.50 bits per heavy atom. The molecule has 1 heterocycles. The Morgan fingerprint density at radius 3 is 2.80 bits per heavy atom. The van der Waals surface area contributed by atoms with E-state index >= 15 is 0 Å². The van der Waals surface area contributed by atoms with Gasteiger partial charge in [0.2, 0.25) is 5.91 Å². The fourth-order valence-electron chi connectivity index (χ4n) is 2.36. The van der Waals surface area contributed by atoms with Gasteiger partial charge in [0.05, 0.1) is 5.69 Å². The third-order valence-corrected chi connectivity index (χ3v) is 3.57. The van der Waals surface area contributed by atoms with Crippen molar-refractivity contribution in [3.8, 4) is 0 Å². The first kappa shape index (κ1) is 14.6. The molecule has 0 bridgehead atoms. The number of rotatable bonds is 3. The second-order valence-corrected chi connectivity index (χ2v) is 4.97. The maximum absolute atomic E-state index is 14.2. The van der Waals surface area contributed by atoms with Crippen molar-refractivity contribution >= 4 is 28.8 Å². The van der Waals surface area contributed by atoms with Gasteiger partial charge in [0, 0.05) is 18.7 Å². The molecule has 1 aliphatic heterocycles.